The van der Waals surface area contributed by atoms with Gasteiger partial charge in [-0.05, 0) is 72.0 Å². The van der Waals surface area contributed by atoms with Gasteiger partial charge in [-0.25, -0.2) is 4.39 Å². The number of fused-ring (bicyclic) bond motifs is 1. The van der Waals surface area contributed by atoms with E-state index in [1.807, 2.05) is 68.1 Å². The standard InChI is InChI=1S/C33H33FN2O4/c1-21(2)33(38)36-16-15-24-9-12-27(18-29(24)31(36)25-7-10-26(34)11-8-25)39-20-28-13-14-30(40-28)32(37)35-19-23-6-4-5-22(3)17-23/h4-14,17-18,21,31H,15-16,19-20H2,1-3H3,(H,35,37). The van der Waals surface area contributed by atoms with E-state index in [0.29, 0.717) is 24.6 Å². The zero-order valence-electron chi connectivity index (χ0n) is 22.9. The second-order valence-corrected chi connectivity index (χ2v) is 10.5. The summed E-state index contributed by atoms with van der Waals surface area (Å²) in [6.07, 6.45) is 0.727. The number of benzene rings is 3. The summed E-state index contributed by atoms with van der Waals surface area (Å²) in [4.78, 5) is 27.6. The molecule has 1 aliphatic heterocycles. The summed E-state index contributed by atoms with van der Waals surface area (Å²) in [6, 6.07) is 23.2. The first-order chi connectivity index (χ1) is 19.3. The molecule has 0 aliphatic carbocycles. The number of hydrogen-bond donors (Lipinski definition) is 1. The van der Waals surface area contributed by atoms with Crippen molar-refractivity contribution in [3.63, 3.8) is 0 Å². The summed E-state index contributed by atoms with van der Waals surface area (Å²) in [7, 11) is 0. The number of furan rings is 1. The lowest BCUT2D eigenvalue weighted by Gasteiger charge is -2.39. The number of rotatable bonds is 8. The van der Waals surface area contributed by atoms with E-state index in [1.165, 1.54) is 12.1 Å². The van der Waals surface area contributed by atoms with Crippen LogP contribution in [0.2, 0.25) is 0 Å². The molecular formula is C33H33FN2O4. The lowest BCUT2D eigenvalue weighted by Crippen LogP contribution is -2.42. The zero-order chi connectivity index (χ0) is 28.2. The van der Waals surface area contributed by atoms with Crippen LogP contribution in [-0.4, -0.2) is 23.3 Å². The molecule has 2 heterocycles. The minimum Gasteiger partial charge on any atom is -0.486 e. The Hall–Kier alpha value is -4.39. The van der Waals surface area contributed by atoms with Crippen LogP contribution in [0, 0.1) is 18.7 Å². The number of carbonyl (C=O) groups is 2. The molecule has 4 aromatic rings. The molecule has 206 valence electrons. The van der Waals surface area contributed by atoms with Crippen LogP contribution >= 0.6 is 0 Å². The summed E-state index contributed by atoms with van der Waals surface area (Å²) >= 11 is 0. The van der Waals surface area contributed by atoms with E-state index in [9.17, 15) is 14.0 Å². The molecule has 40 heavy (non-hydrogen) atoms. The van der Waals surface area contributed by atoms with Crippen LogP contribution in [0.15, 0.2) is 83.3 Å². The van der Waals surface area contributed by atoms with Gasteiger partial charge in [0, 0.05) is 19.0 Å². The highest BCUT2D eigenvalue weighted by Crippen LogP contribution is 2.38. The molecule has 1 aromatic heterocycles. The van der Waals surface area contributed by atoms with Crippen molar-refractivity contribution in [2.45, 2.75) is 46.4 Å². The number of ether oxygens (including phenoxy) is 1. The van der Waals surface area contributed by atoms with E-state index in [0.717, 1.165) is 34.2 Å². The fourth-order valence-electron chi connectivity index (χ4n) is 5.08. The van der Waals surface area contributed by atoms with Gasteiger partial charge in [-0.2, -0.15) is 0 Å². The highest BCUT2D eigenvalue weighted by atomic mass is 19.1. The van der Waals surface area contributed by atoms with E-state index in [-0.39, 0.29) is 42.0 Å². The minimum atomic E-state index is -0.338. The number of hydrogen-bond acceptors (Lipinski definition) is 4. The largest absolute Gasteiger partial charge is 0.486 e. The molecule has 0 radical (unpaired) electrons. The second kappa shape index (κ2) is 11.8. The Morgan fingerprint density at radius 2 is 1.85 bits per heavy atom. The van der Waals surface area contributed by atoms with Gasteiger partial charge < -0.3 is 19.4 Å². The van der Waals surface area contributed by atoms with Gasteiger partial charge in [0.05, 0.1) is 6.04 Å². The molecule has 1 N–H and O–H groups in total. The molecule has 0 spiro atoms. The van der Waals surface area contributed by atoms with E-state index in [4.69, 9.17) is 9.15 Å². The molecule has 0 saturated heterocycles. The third kappa shape index (κ3) is 6.09. The highest BCUT2D eigenvalue weighted by molar-refractivity contribution is 5.91. The summed E-state index contributed by atoms with van der Waals surface area (Å²) in [6.45, 7) is 6.93. The van der Waals surface area contributed by atoms with E-state index in [1.54, 1.807) is 24.3 Å². The van der Waals surface area contributed by atoms with Crippen molar-refractivity contribution in [1.29, 1.82) is 0 Å². The topological polar surface area (TPSA) is 71.8 Å². The van der Waals surface area contributed by atoms with Crippen LogP contribution in [0.25, 0.3) is 0 Å². The fraction of sp³-hybridized carbons (Fsp3) is 0.273. The molecule has 3 aromatic carbocycles. The Kier molecular flexibility index (Phi) is 8.01. The van der Waals surface area contributed by atoms with Crippen molar-refractivity contribution >= 4 is 11.8 Å². The molecule has 7 heteroatoms. The predicted octanol–water partition coefficient (Wildman–Crippen LogP) is 6.37. The SMILES string of the molecule is Cc1cccc(CNC(=O)c2ccc(COc3ccc4c(c3)C(c3ccc(F)cc3)N(C(=O)C(C)C)CC4)o2)c1. The average Bonchev–Trinajstić information content (AvgIpc) is 3.43. The molecule has 1 aliphatic rings. The second-order valence-electron chi connectivity index (χ2n) is 10.5. The van der Waals surface area contributed by atoms with Crippen LogP contribution in [0.1, 0.15) is 64.0 Å². The van der Waals surface area contributed by atoms with Crippen molar-refractivity contribution in [1.82, 2.24) is 10.2 Å². The first-order valence-electron chi connectivity index (χ1n) is 13.5. The summed E-state index contributed by atoms with van der Waals surface area (Å²) in [5.41, 5.74) is 5.08. The number of nitrogens with zero attached hydrogens (tertiary/aromatic N) is 1. The first kappa shape index (κ1) is 27.2. The highest BCUT2D eigenvalue weighted by Gasteiger charge is 2.33. The maximum atomic E-state index is 13.7. The van der Waals surface area contributed by atoms with E-state index >= 15 is 0 Å². The molecule has 0 saturated carbocycles. The van der Waals surface area contributed by atoms with Gasteiger partial charge >= 0.3 is 0 Å². The molecule has 1 unspecified atom stereocenters. The number of amides is 2. The zero-order valence-corrected chi connectivity index (χ0v) is 22.9. The van der Waals surface area contributed by atoms with E-state index in [2.05, 4.69) is 5.32 Å². The van der Waals surface area contributed by atoms with Crippen molar-refractivity contribution < 1.29 is 23.1 Å². The number of carbonyl (C=O) groups excluding carboxylic acids is 2. The van der Waals surface area contributed by atoms with Gasteiger partial charge in [-0.3, -0.25) is 9.59 Å². The molecule has 2 amide bonds. The Labute approximate surface area is 233 Å². The number of aryl methyl sites for hydroxylation is 1. The van der Waals surface area contributed by atoms with Gasteiger partial charge in [0.2, 0.25) is 5.91 Å². The monoisotopic (exact) mass is 540 g/mol. The third-order valence-electron chi connectivity index (χ3n) is 7.11. The van der Waals surface area contributed by atoms with Crippen LogP contribution in [0.4, 0.5) is 4.39 Å². The van der Waals surface area contributed by atoms with Crippen molar-refractivity contribution in [3.8, 4) is 5.75 Å². The molecule has 1 atom stereocenters. The van der Waals surface area contributed by atoms with Gasteiger partial charge in [-0.15, -0.1) is 0 Å². The Balaban J connectivity index is 1.30. The van der Waals surface area contributed by atoms with Crippen molar-refractivity contribution in [2.24, 2.45) is 5.92 Å². The predicted molar refractivity (Wildman–Crippen MR) is 150 cm³/mol. The quantitative estimate of drug-likeness (QED) is 0.282. The van der Waals surface area contributed by atoms with Crippen molar-refractivity contribution in [2.75, 3.05) is 6.54 Å². The Morgan fingerprint density at radius 1 is 1.05 bits per heavy atom. The average molecular weight is 541 g/mol. The van der Waals surface area contributed by atoms with Gasteiger partial charge in [0.1, 0.15) is 23.9 Å². The summed E-state index contributed by atoms with van der Waals surface area (Å²) in [5.74, 6) is 0.632. The molecule has 6 nitrogen and oxygen atoms in total. The maximum absolute atomic E-state index is 13.7. The Morgan fingerprint density at radius 3 is 2.60 bits per heavy atom. The van der Waals surface area contributed by atoms with Crippen LogP contribution in [0.5, 0.6) is 5.75 Å². The smallest absolute Gasteiger partial charge is 0.287 e. The molecule has 0 fully saturated rings. The van der Waals surface area contributed by atoms with Gasteiger partial charge in [0.25, 0.3) is 5.91 Å². The Bertz CT molecular complexity index is 1510. The van der Waals surface area contributed by atoms with Gasteiger partial charge in [-0.1, -0.05) is 61.9 Å². The third-order valence-corrected chi connectivity index (χ3v) is 7.11. The first-order valence-corrected chi connectivity index (χ1v) is 13.5. The van der Waals surface area contributed by atoms with Gasteiger partial charge in [0.15, 0.2) is 5.76 Å². The molecule has 0 bridgehead atoms. The molecule has 5 rings (SSSR count). The van der Waals surface area contributed by atoms with Crippen LogP contribution in [0.3, 0.4) is 0 Å². The normalized spacial score (nSPS) is 14.6. The summed E-state index contributed by atoms with van der Waals surface area (Å²) < 4.78 is 25.5. The minimum absolute atomic E-state index is 0.0510. The van der Waals surface area contributed by atoms with Crippen LogP contribution < -0.4 is 10.1 Å². The fourth-order valence-corrected chi connectivity index (χ4v) is 5.08. The lowest BCUT2D eigenvalue weighted by atomic mass is 9.87. The summed E-state index contributed by atoms with van der Waals surface area (Å²) in [5, 5.41) is 2.88. The number of nitrogens with one attached hydrogen (secondary N) is 1. The molecular weight excluding hydrogens is 507 g/mol. The van der Waals surface area contributed by atoms with Crippen molar-refractivity contribution in [3.05, 3.63) is 124 Å². The van der Waals surface area contributed by atoms with E-state index < -0.39 is 0 Å². The number of halogens is 1. The maximum Gasteiger partial charge on any atom is 0.287 e. The lowest BCUT2D eigenvalue weighted by molar-refractivity contribution is -0.136. The van der Waals surface area contributed by atoms with Crippen LogP contribution in [-0.2, 0) is 24.4 Å².